The maximum absolute atomic E-state index is 12.2. The molecule has 0 aliphatic carbocycles. The number of hydrogen-bond donors (Lipinski definition) is 1. The number of carbonyl (C=O) groups excluding carboxylic acids is 1. The third-order valence-corrected chi connectivity index (χ3v) is 3.78. The van der Waals surface area contributed by atoms with Gasteiger partial charge in [-0.3, -0.25) is 4.79 Å². The van der Waals surface area contributed by atoms with Crippen LogP contribution in [0.2, 0.25) is 0 Å². The van der Waals surface area contributed by atoms with Gasteiger partial charge in [-0.2, -0.15) is 4.98 Å². The van der Waals surface area contributed by atoms with E-state index in [1.165, 1.54) is 0 Å². The first-order valence-electron chi connectivity index (χ1n) is 7.80. The summed E-state index contributed by atoms with van der Waals surface area (Å²) in [6, 6.07) is 7.47. The fraction of sp³-hybridized carbons (Fsp3) is 0.294. The minimum atomic E-state index is -0.328. The fourth-order valence-corrected chi connectivity index (χ4v) is 2.44. The van der Waals surface area contributed by atoms with Crippen molar-refractivity contribution in [3.05, 3.63) is 47.5 Å². The largest absolute Gasteiger partial charge is 0.493 e. The zero-order valence-electron chi connectivity index (χ0n) is 14.3. The first kappa shape index (κ1) is 16.7. The van der Waals surface area contributed by atoms with Crippen molar-refractivity contribution >= 4 is 11.7 Å². The van der Waals surface area contributed by atoms with Crippen LogP contribution in [-0.2, 0) is 6.42 Å². The summed E-state index contributed by atoms with van der Waals surface area (Å²) in [4.78, 5) is 20.5. The quantitative estimate of drug-likeness (QED) is 0.729. The molecule has 0 aliphatic rings. The summed E-state index contributed by atoms with van der Waals surface area (Å²) in [5.74, 6) is 1.52. The first-order valence-corrected chi connectivity index (χ1v) is 7.80. The molecule has 0 fully saturated rings. The van der Waals surface area contributed by atoms with Gasteiger partial charge in [-0.25, -0.2) is 9.50 Å². The first-order chi connectivity index (χ1) is 12.1. The van der Waals surface area contributed by atoms with Gasteiger partial charge in [0.25, 0.3) is 11.7 Å². The molecule has 2 heterocycles. The topological polar surface area (TPSA) is 90.6 Å². The van der Waals surface area contributed by atoms with E-state index in [-0.39, 0.29) is 11.7 Å². The Morgan fingerprint density at radius 3 is 2.72 bits per heavy atom. The van der Waals surface area contributed by atoms with Crippen molar-refractivity contribution in [1.29, 1.82) is 0 Å². The van der Waals surface area contributed by atoms with E-state index in [2.05, 4.69) is 20.4 Å². The third-order valence-electron chi connectivity index (χ3n) is 3.78. The molecular weight excluding hydrogens is 322 g/mol. The molecule has 0 unspecified atom stereocenters. The molecule has 0 saturated heterocycles. The molecule has 1 aromatic carbocycles. The zero-order chi connectivity index (χ0) is 17.8. The second-order valence-electron chi connectivity index (χ2n) is 5.43. The summed E-state index contributed by atoms with van der Waals surface area (Å²) in [7, 11) is 3.19. The van der Waals surface area contributed by atoms with E-state index in [4.69, 9.17) is 9.47 Å². The number of ether oxygens (including phenoxy) is 2. The second-order valence-corrected chi connectivity index (χ2v) is 5.43. The van der Waals surface area contributed by atoms with Crippen LogP contribution in [0.5, 0.6) is 11.5 Å². The Hall–Kier alpha value is -3.16. The number of rotatable bonds is 6. The number of aromatic nitrogens is 4. The minimum Gasteiger partial charge on any atom is -0.493 e. The number of hydrogen-bond acceptors (Lipinski definition) is 6. The molecular formula is C17H19N5O3. The van der Waals surface area contributed by atoms with Gasteiger partial charge in [-0.05, 0) is 37.1 Å². The molecule has 8 nitrogen and oxygen atoms in total. The monoisotopic (exact) mass is 341 g/mol. The van der Waals surface area contributed by atoms with Crippen LogP contribution in [0.3, 0.4) is 0 Å². The number of nitrogens with one attached hydrogen (secondary N) is 1. The average Bonchev–Trinajstić information content (AvgIpc) is 3.07. The number of nitrogens with zero attached hydrogens (tertiary/aromatic N) is 4. The number of aryl methyl sites for hydroxylation is 1. The van der Waals surface area contributed by atoms with E-state index < -0.39 is 0 Å². The predicted molar refractivity (Wildman–Crippen MR) is 91.1 cm³/mol. The van der Waals surface area contributed by atoms with Crippen molar-refractivity contribution in [1.82, 2.24) is 24.9 Å². The molecule has 0 radical (unpaired) electrons. The van der Waals surface area contributed by atoms with Crippen molar-refractivity contribution in [2.24, 2.45) is 0 Å². The Morgan fingerprint density at radius 2 is 2.00 bits per heavy atom. The molecule has 0 saturated carbocycles. The molecule has 25 heavy (non-hydrogen) atoms. The van der Waals surface area contributed by atoms with Crippen LogP contribution in [0, 0.1) is 6.92 Å². The van der Waals surface area contributed by atoms with Crippen molar-refractivity contribution in [2.45, 2.75) is 13.3 Å². The number of amides is 1. The Labute approximate surface area is 144 Å². The van der Waals surface area contributed by atoms with Crippen LogP contribution in [0.1, 0.15) is 21.9 Å². The SMILES string of the molecule is COc1ccc(CCNC(=O)c2nc3nccc(C)n3n2)cc1OC. The molecule has 0 bridgehead atoms. The van der Waals surface area contributed by atoms with E-state index in [1.807, 2.05) is 25.1 Å². The maximum atomic E-state index is 12.2. The summed E-state index contributed by atoms with van der Waals surface area (Å²) in [5.41, 5.74) is 1.89. The maximum Gasteiger partial charge on any atom is 0.291 e. The van der Waals surface area contributed by atoms with Gasteiger partial charge in [-0.1, -0.05) is 6.07 Å². The van der Waals surface area contributed by atoms with Gasteiger partial charge in [0.05, 0.1) is 14.2 Å². The minimum absolute atomic E-state index is 0.106. The molecule has 0 atom stereocenters. The number of fused-ring (bicyclic) bond motifs is 1. The fourth-order valence-electron chi connectivity index (χ4n) is 2.44. The van der Waals surface area contributed by atoms with E-state index in [1.54, 1.807) is 31.0 Å². The van der Waals surface area contributed by atoms with Gasteiger partial charge >= 0.3 is 0 Å². The number of methoxy groups -OCH3 is 2. The highest BCUT2D eigenvalue weighted by molar-refractivity contribution is 5.90. The normalized spacial score (nSPS) is 10.7. The third kappa shape index (κ3) is 3.52. The Kier molecular flexibility index (Phi) is 4.78. The lowest BCUT2D eigenvalue weighted by molar-refractivity contribution is 0.0944. The molecule has 3 aromatic rings. The lowest BCUT2D eigenvalue weighted by Gasteiger charge is -2.09. The highest BCUT2D eigenvalue weighted by atomic mass is 16.5. The van der Waals surface area contributed by atoms with Gasteiger partial charge in [0.1, 0.15) is 0 Å². The van der Waals surface area contributed by atoms with Crippen molar-refractivity contribution in [3.63, 3.8) is 0 Å². The molecule has 130 valence electrons. The molecule has 3 rings (SSSR count). The number of carbonyl (C=O) groups is 1. The average molecular weight is 341 g/mol. The van der Waals surface area contributed by atoms with Crippen LogP contribution in [0.25, 0.3) is 5.78 Å². The highest BCUT2D eigenvalue weighted by Crippen LogP contribution is 2.27. The van der Waals surface area contributed by atoms with Gasteiger partial charge in [0, 0.05) is 18.4 Å². The molecule has 2 aromatic heterocycles. The van der Waals surface area contributed by atoms with Crippen molar-refractivity contribution in [3.8, 4) is 11.5 Å². The van der Waals surface area contributed by atoms with Gasteiger partial charge < -0.3 is 14.8 Å². The standard InChI is InChI=1S/C17H19N5O3/c1-11-6-8-19-17-20-15(21-22(11)17)16(23)18-9-7-12-4-5-13(24-2)14(10-12)25-3/h4-6,8,10H,7,9H2,1-3H3,(H,18,23). The lowest BCUT2D eigenvalue weighted by Crippen LogP contribution is -2.26. The molecule has 8 heteroatoms. The summed E-state index contributed by atoms with van der Waals surface area (Å²) in [5, 5.41) is 7.00. The summed E-state index contributed by atoms with van der Waals surface area (Å²) in [6.45, 7) is 2.33. The summed E-state index contributed by atoms with van der Waals surface area (Å²) >= 11 is 0. The Balaban J connectivity index is 1.63. The summed E-state index contributed by atoms with van der Waals surface area (Å²) in [6.07, 6.45) is 2.29. The second kappa shape index (κ2) is 7.16. The highest BCUT2D eigenvalue weighted by Gasteiger charge is 2.14. The molecule has 0 aliphatic heterocycles. The van der Waals surface area contributed by atoms with E-state index >= 15 is 0 Å². The van der Waals surface area contributed by atoms with Crippen LogP contribution in [0.4, 0.5) is 0 Å². The van der Waals surface area contributed by atoms with Crippen LogP contribution >= 0.6 is 0 Å². The van der Waals surface area contributed by atoms with E-state index in [0.717, 1.165) is 11.3 Å². The molecule has 1 N–H and O–H groups in total. The summed E-state index contributed by atoms with van der Waals surface area (Å²) < 4.78 is 12.0. The van der Waals surface area contributed by atoms with Crippen molar-refractivity contribution < 1.29 is 14.3 Å². The van der Waals surface area contributed by atoms with Crippen LogP contribution < -0.4 is 14.8 Å². The number of benzene rings is 1. The predicted octanol–water partition coefficient (Wildman–Crippen LogP) is 1.42. The zero-order valence-corrected chi connectivity index (χ0v) is 14.3. The van der Waals surface area contributed by atoms with Crippen LogP contribution in [0.15, 0.2) is 30.5 Å². The van der Waals surface area contributed by atoms with E-state index in [9.17, 15) is 4.79 Å². The van der Waals surface area contributed by atoms with Crippen LogP contribution in [-0.4, -0.2) is 46.3 Å². The lowest BCUT2D eigenvalue weighted by atomic mass is 10.1. The van der Waals surface area contributed by atoms with E-state index in [0.29, 0.717) is 30.2 Å². The Morgan fingerprint density at radius 1 is 1.20 bits per heavy atom. The Bertz CT molecular complexity index is 906. The smallest absolute Gasteiger partial charge is 0.291 e. The van der Waals surface area contributed by atoms with Gasteiger partial charge in [0.15, 0.2) is 11.5 Å². The van der Waals surface area contributed by atoms with Gasteiger partial charge in [-0.15, -0.1) is 5.10 Å². The molecule has 1 amide bonds. The molecule has 0 spiro atoms. The van der Waals surface area contributed by atoms with Gasteiger partial charge in [0.2, 0.25) is 5.82 Å². The van der Waals surface area contributed by atoms with Crippen molar-refractivity contribution in [2.75, 3.05) is 20.8 Å².